The Bertz CT molecular complexity index is 1320. The Hall–Kier alpha value is -2.27. The Morgan fingerprint density at radius 3 is 2.08 bits per heavy atom. The highest BCUT2D eigenvalue weighted by molar-refractivity contribution is 7.90. The molecule has 4 rings (SSSR count). The van der Waals surface area contributed by atoms with Crippen LogP contribution in [0.3, 0.4) is 0 Å². The van der Waals surface area contributed by atoms with E-state index in [9.17, 15) is 21.6 Å². The van der Waals surface area contributed by atoms with Crippen molar-refractivity contribution >= 4 is 25.8 Å². The van der Waals surface area contributed by atoms with Gasteiger partial charge in [-0.1, -0.05) is 42.5 Å². The van der Waals surface area contributed by atoms with Crippen molar-refractivity contribution in [2.75, 3.05) is 32.4 Å². The van der Waals surface area contributed by atoms with Crippen molar-refractivity contribution in [1.29, 1.82) is 0 Å². The fourth-order valence-corrected chi connectivity index (χ4v) is 6.95. The molecule has 208 valence electrons. The molecule has 1 spiro atoms. The second kappa shape index (κ2) is 11.5. The summed E-state index contributed by atoms with van der Waals surface area (Å²) in [6, 6.07) is 16.2. The maximum Gasteiger partial charge on any atom is 0.229 e. The number of hydrogen-bond acceptors (Lipinski definition) is 6. The normalized spacial score (nSPS) is 19.4. The van der Waals surface area contributed by atoms with Crippen LogP contribution in [0.2, 0.25) is 0 Å². The number of likely N-dealkylation sites (tertiary alicyclic amines) is 2. The third kappa shape index (κ3) is 6.65. The molecular weight excluding hydrogens is 522 g/mol. The summed E-state index contributed by atoms with van der Waals surface area (Å²) < 4.78 is 51.5. The fourth-order valence-electron chi connectivity index (χ4n) is 5.40. The zero-order valence-corrected chi connectivity index (χ0v) is 24.1. The van der Waals surface area contributed by atoms with Crippen molar-refractivity contribution in [2.45, 2.75) is 62.3 Å². The Kier molecular flexibility index (Phi) is 8.66. The molecule has 1 N–H and O–H groups in total. The minimum absolute atomic E-state index is 0.191. The number of rotatable bonds is 10. The lowest BCUT2D eigenvalue weighted by molar-refractivity contribution is -0.138. The summed E-state index contributed by atoms with van der Waals surface area (Å²) in [5.41, 5.74) is 1.55. The number of amides is 1. The van der Waals surface area contributed by atoms with Crippen molar-refractivity contribution in [3.63, 3.8) is 0 Å². The lowest BCUT2D eigenvalue weighted by Crippen LogP contribution is -2.45. The highest BCUT2D eigenvalue weighted by Crippen LogP contribution is 2.42. The van der Waals surface area contributed by atoms with E-state index in [4.69, 9.17) is 0 Å². The Morgan fingerprint density at radius 1 is 0.895 bits per heavy atom. The van der Waals surface area contributed by atoms with Crippen LogP contribution >= 0.6 is 0 Å². The summed E-state index contributed by atoms with van der Waals surface area (Å²) in [5.74, 6) is 0.191. The molecule has 0 aliphatic carbocycles. The van der Waals surface area contributed by atoms with Crippen LogP contribution in [0.25, 0.3) is 0 Å². The highest BCUT2D eigenvalue weighted by Gasteiger charge is 2.47. The van der Waals surface area contributed by atoms with Crippen molar-refractivity contribution in [3.8, 4) is 0 Å². The van der Waals surface area contributed by atoms with E-state index in [-0.39, 0.29) is 22.3 Å². The standard InChI is InChI=1S/C28H39N3O5S2/c1-22(2)38(35,36)29-26(24-7-5-4-6-8-24)13-17-30-18-14-28(15-19-30)16-20-31(27(28)32)21-23-9-11-25(12-10-23)37(3,33)34/h4-12,22,26,29H,13-21H2,1-3H3/t26-/m0/s1. The van der Waals surface area contributed by atoms with Crippen molar-refractivity contribution in [2.24, 2.45) is 5.41 Å². The summed E-state index contributed by atoms with van der Waals surface area (Å²) >= 11 is 0. The van der Waals surface area contributed by atoms with E-state index in [2.05, 4.69) is 9.62 Å². The first-order valence-electron chi connectivity index (χ1n) is 13.3. The van der Waals surface area contributed by atoms with Crippen LogP contribution in [0, 0.1) is 5.41 Å². The number of benzene rings is 2. The fraction of sp³-hybridized carbons (Fsp3) is 0.536. The van der Waals surface area contributed by atoms with Crippen LogP contribution in [0.1, 0.15) is 56.7 Å². The average Bonchev–Trinajstić information content (AvgIpc) is 3.17. The van der Waals surface area contributed by atoms with Gasteiger partial charge in [0.05, 0.1) is 15.6 Å². The first kappa shape index (κ1) is 28.7. The zero-order valence-electron chi connectivity index (χ0n) is 22.5. The summed E-state index contributed by atoms with van der Waals surface area (Å²) in [7, 11) is -6.66. The minimum atomic E-state index is -3.41. The van der Waals surface area contributed by atoms with E-state index < -0.39 is 25.1 Å². The monoisotopic (exact) mass is 561 g/mol. The second-order valence-electron chi connectivity index (χ2n) is 11.0. The number of carbonyl (C=O) groups excluding carboxylic acids is 1. The topological polar surface area (TPSA) is 104 Å². The molecule has 0 saturated carbocycles. The van der Waals surface area contributed by atoms with Gasteiger partial charge in [-0.05, 0) is 82.4 Å². The molecule has 2 aromatic carbocycles. The third-order valence-corrected chi connectivity index (χ3v) is 11.0. The maximum absolute atomic E-state index is 13.4. The van der Waals surface area contributed by atoms with Gasteiger partial charge in [-0.3, -0.25) is 4.79 Å². The number of hydrogen-bond donors (Lipinski definition) is 1. The van der Waals surface area contributed by atoms with Crippen molar-refractivity contribution < 1.29 is 21.6 Å². The second-order valence-corrected chi connectivity index (χ2v) is 15.3. The van der Waals surface area contributed by atoms with Gasteiger partial charge in [0.15, 0.2) is 9.84 Å². The first-order chi connectivity index (χ1) is 17.9. The molecule has 2 aliphatic heterocycles. The molecule has 10 heteroatoms. The Labute approximate surface area is 227 Å². The van der Waals surface area contributed by atoms with E-state index in [1.54, 1.807) is 38.1 Å². The number of sulfonamides is 1. The number of carbonyl (C=O) groups is 1. The van der Waals surface area contributed by atoms with Gasteiger partial charge in [-0.25, -0.2) is 21.6 Å². The van der Waals surface area contributed by atoms with Gasteiger partial charge in [0.25, 0.3) is 0 Å². The molecule has 0 aromatic heterocycles. The molecule has 8 nitrogen and oxygen atoms in total. The molecular formula is C28H39N3O5S2. The Balaban J connectivity index is 1.33. The van der Waals surface area contributed by atoms with E-state index in [1.165, 1.54) is 6.26 Å². The summed E-state index contributed by atoms with van der Waals surface area (Å²) in [4.78, 5) is 17.9. The van der Waals surface area contributed by atoms with Gasteiger partial charge in [-0.15, -0.1) is 0 Å². The van der Waals surface area contributed by atoms with E-state index in [1.807, 2.05) is 35.2 Å². The van der Waals surface area contributed by atoms with E-state index in [0.29, 0.717) is 19.5 Å². The van der Waals surface area contributed by atoms with Crippen LogP contribution in [-0.2, 0) is 31.2 Å². The average molecular weight is 562 g/mol. The smallest absolute Gasteiger partial charge is 0.229 e. The number of nitrogens with zero attached hydrogens (tertiary/aromatic N) is 2. The lowest BCUT2D eigenvalue weighted by Gasteiger charge is -2.38. The molecule has 2 heterocycles. The van der Waals surface area contributed by atoms with Gasteiger partial charge in [-0.2, -0.15) is 0 Å². The summed E-state index contributed by atoms with van der Waals surface area (Å²) in [5, 5.41) is -0.502. The van der Waals surface area contributed by atoms with Crippen molar-refractivity contribution in [1.82, 2.24) is 14.5 Å². The first-order valence-corrected chi connectivity index (χ1v) is 16.7. The molecule has 1 atom stereocenters. The predicted molar refractivity (Wildman–Crippen MR) is 149 cm³/mol. The largest absolute Gasteiger partial charge is 0.338 e. The SMILES string of the molecule is CC(C)S(=O)(=O)N[C@@H](CCN1CCC2(CC1)CCN(Cc1ccc(S(C)(=O)=O)cc1)C2=O)c1ccccc1. The van der Waals surface area contributed by atoms with Crippen LogP contribution in [0.4, 0.5) is 0 Å². The minimum Gasteiger partial charge on any atom is -0.338 e. The van der Waals surface area contributed by atoms with E-state index >= 15 is 0 Å². The lowest BCUT2D eigenvalue weighted by atomic mass is 9.77. The number of piperidine rings is 1. The predicted octanol–water partition coefficient (Wildman–Crippen LogP) is 3.36. The van der Waals surface area contributed by atoms with Gasteiger partial charge in [0.2, 0.25) is 15.9 Å². The molecule has 2 aliphatic rings. The molecule has 1 amide bonds. The highest BCUT2D eigenvalue weighted by atomic mass is 32.2. The molecule has 2 fully saturated rings. The third-order valence-electron chi connectivity index (χ3n) is 8.00. The maximum atomic E-state index is 13.4. The van der Waals surface area contributed by atoms with E-state index in [0.717, 1.165) is 50.0 Å². The van der Waals surface area contributed by atoms with Gasteiger partial charge in [0.1, 0.15) is 0 Å². The molecule has 0 unspecified atom stereocenters. The quantitative estimate of drug-likeness (QED) is 0.477. The van der Waals surface area contributed by atoms with Crippen LogP contribution < -0.4 is 4.72 Å². The molecule has 38 heavy (non-hydrogen) atoms. The summed E-state index contributed by atoms with van der Waals surface area (Å²) in [6.07, 6.45) is 4.27. The number of nitrogens with one attached hydrogen (secondary N) is 1. The van der Waals surface area contributed by atoms with Crippen LogP contribution in [0.15, 0.2) is 59.5 Å². The van der Waals surface area contributed by atoms with Gasteiger partial charge >= 0.3 is 0 Å². The van der Waals surface area contributed by atoms with Crippen LogP contribution in [0.5, 0.6) is 0 Å². The van der Waals surface area contributed by atoms with Crippen LogP contribution in [-0.4, -0.2) is 70.2 Å². The molecule has 0 radical (unpaired) electrons. The van der Waals surface area contributed by atoms with Gasteiger partial charge in [0, 0.05) is 25.4 Å². The Morgan fingerprint density at radius 2 is 1.50 bits per heavy atom. The van der Waals surface area contributed by atoms with Gasteiger partial charge < -0.3 is 9.80 Å². The summed E-state index contributed by atoms with van der Waals surface area (Å²) in [6.45, 7) is 6.92. The molecule has 0 bridgehead atoms. The van der Waals surface area contributed by atoms with Crippen molar-refractivity contribution in [3.05, 3.63) is 65.7 Å². The molecule has 2 aromatic rings. The number of sulfone groups is 1. The molecule has 2 saturated heterocycles. The zero-order chi connectivity index (χ0) is 27.6.